The minimum atomic E-state index is -0.462. The molecule has 1 saturated heterocycles. The zero-order valence-corrected chi connectivity index (χ0v) is 13.1. The van der Waals surface area contributed by atoms with Crippen molar-refractivity contribution in [3.05, 3.63) is 0 Å². The molecule has 0 aromatic heterocycles. The largest absolute Gasteiger partial charge is 0.391 e. The van der Waals surface area contributed by atoms with Gasteiger partial charge >= 0.3 is 0 Å². The van der Waals surface area contributed by atoms with Crippen LogP contribution in [0.3, 0.4) is 0 Å². The Morgan fingerprint density at radius 3 is 2.60 bits per heavy atom. The van der Waals surface area contributed by atoms with E-state index in [4.69, 9.17) is 22.7 Å². The van der Waals surface area contributed by atoms with Crippen LogP contribution in [0.4, 0.5) is 0 Å². The van der Waals surface area contributed by atoms with Crippen molar-refractivity contribution in [1.82, 2.24) is 5.32 Å². The molecule has 0 spiro atoms. The van der Waals surface area contributed by atoms with E-state index in [-0.39, 0.29) is 12.0 Å². The Morgan fingerprint density at radius 1 is 1.40 bits per heavy atom. The second-order valence-corrected chi connectivity index (χ2v) is 6.63. The van der Waals surface area contributed by atoms with Crippen LogP contribution in [-0.2, 0) is 9.53 Å². The van der Waals surface area contributed by atoms with E-state index < -0.39 is 5.54 Å². The van der Waals surface area contributed by atoms with Crippen LogP contribution in [0.5, 0.6) is 0 Å². The monoisotopic (exact) mass is 298 g/mol. The lowest BCUT2D eigenvalue weighted by Gasteiger charge is -2.40. The van der Waals surface area contributed by atoms with E-state index in [2.05, 4.69) is 12.2 Å². The van der Waals surface area contributed by atoms with E-state index in [9.17, 15) is 4.79 Å². The predicted octanol–water partition coefficient (Wildman–Crippen LogP) is 2.30. The number of thiocarbonyl (C=S) groups is 1. The average Bonchev–Trinajstić information content (AvgIpc) is 2.92. The normalized spacial score (nSPS) is 33.9. The molecule has 3 N–H and O–H groups in total. The number of hydrogen-bond acceptors (Lipinski definition) is 3. The molecular weight excluding hydrogens is 272 g/mol. The molecule has 1 atom stereocenters. The van der Waals surface area contributed by atoms with E-state index in [1.807, 2.05) is 0 Å². The first-order valence-corrected chi connectivity index (χ1v) is 8.19. The number of carbonyl (C=O) groups excluding carboxylic acids is 1. The van der Waals surface area contributed by atoms with E-state index in [0.29, 0.717) is 11.4 Å². The standard InChI is InChI=1S/C15H26N2O2S/c1-2-11-5-7-15(8-6-11,14(16)20)17-13(18)10-12-4-3-9-19-12/h11-12H,2-10H2,1H3,(H2,16,20)(H,17,18). The van der Waals surface area contributed by atoms with Crippen LogP contribution in [0.1, 0.15) is 58.3 Å². The zero-order valence-electron chi connectivity index (χ0n) is 12.3. The minimum Gasteiger partial charge on any atom is -0.391 e. The SMILES string of the molecule is CCC1CCC(NC(=O)CC2CCCO2)(C(N)=S)CC1. The fraction of sp³-hybridized carbons (Fsp3) is 0.867. The van der Waals surface area contributed by atoms with Crippen LogP contribution in [0.15, 0.2) is 0 Å². The fourth-order valence-electron chi connectivity index (χ4n) is 3.34. The van der Waals surface area contributed by atoms with Crippen LogP contribution in [0.2, 0.25) is 0 Å². The maximum absolute atomic E-state index is 12.2. The highest BCUT2D eigenvalue weighted by Gasteiger charge is 2.39. The van der Waals surface area contributed by atoms with E-state index >= 15 is 0 Å². The number of nitrogens with two attached hydrogens (primary N) is 1. The summed E-state index contributed by atoms with van der Waals surface area (Å²) in [6.07, 6.45) is 7.66. The van der Waals surface area contributed by atoms with Gasteiger partial charge in [0.05, 0.1) is 23.1 Å². The lowest BCUT2D eigenvalue weighted by Crippen LogP contribution is -2.58. The molecule has 1 saturated carbocycles. The first-order chi connectivity index (χ1) is 9.55. The highest BCUT2D eigenvalue weighted by atomic mass is 32.1. The fourth-order valence-corrected chi connectivity index (χ4v) is 3.60. The third-order valence-corrected chi connectivity index (χ3v) is 5.21. The van der Waals surface area contributed by atoms with Gasteiger partial charge in [-0.3, -0.25) is 4.79 Å². The van der Waals surface area contributed by atoms with Gasteiger partial charge in [-0.05, 0) is 44.4 Å². The number of rotatable bonds is 5. The Labute approximate surface area is 126 Å². The molecular formula is C15H26N2O2S. The zero-order chi connectivity index (χ0) is 14.6. The second-order valence-electron chi connectivity index (χ2n) is 6.19. The highest BCUT2D eigenvalue weighted by Crippen LogP contribution is 2.34. The number of amides is 1. The lowest BCUT2D eigenvalue weighted by atomic mass is 9.75. The average molecular weight is 298 g/mol. The Bertz CT molecular complexity index is 359. The maximum atomic E-state index is 12.2. The summed E-state index contributed by atoms with van der Waals surface area (Å²) in [4.78, 5) is 12.7. The molecule has 1 unspecified atom stereocenters. The van der Waals surface area contributed by atoms with Crippen molar-refractivity contribution >= 4 is 23.1 Å². The number of carbonyl (C=O) groups is 1. The number of nitrogens with one attached hydrogen (secondary N) is 1. The molecule has 0 aromatic rings. The Morgan fingerprint density at radius 2 is 2.10 bits per heavy atom. The van der Waals surface area contributed by atoms with Gasteiger partial charge in [-0.25, -0.2) is 0 Å². The van der Waals surface area contributed by atoms with Crippen molar-refractivity contribution in [2.75, 3.05) is 6.61 Å². The summed E-state index contributed by atoms with van der Waals surface area (Å²) >= 11 is 5.24. The third kappa shape index (κ3) is 3.70. The van der Waals surface area contributed by atoms with Gasteiger partial charge in [0.1, 0.15) is 0 Å². The molecule has 1 heterocycles. The molecule has 0 aromatic carbocycles. The van der Waals surface area contributed by atoms with E-state index in [1.54, 1.807) is 0 Å². The first-order valence-electron chi connectivity index (χ1n) is 7.78. The van der Waals surface area contributed by atoms with Gasteiger partial charge in [-0.1, -0.05) is 25.6 Å². The smallest absolute Gasteiger partial charge is 0.223 e. The molecule has 1 amide bonds. The van der Waals surface area contributed by atoms with Crippen molar-refractivity contribution in [2.24, 2.45) is 11.7 Å². The van der Waals surface area contributed by atoms with Crippen LogP contribution in [0, 0.1) is 5.92 Å². The summed E-state index contributed by atoms with van der Waals surface area (Å²) in [7, 11) is 0. The summed E-state index contributed by atoms with van der Waals surface area (Å²) in [5, 5.41) is 3.12. The Hall–Kier alpha value is -0.680. The predicted molar refractivity (Wildman–Crippen MR) is 83.5 cm³/mol. The van der Waals surface area contributed by atoms with Gasteiger partial charge in [0, 0.05) is 6.61 Å². The van der Waals surface area contributed by atoms with E-state index in [1.165, 1.54) is 6.42 Å². The summed E-state index contributed by atoms with van der Waals surface area (Å²) in [5.74, 6) is 0.771. The summed E-state index contributed by atoms with van der Waals surface area (Å²) in [6.45, 7) is 2.99. The van der Waals surface area contributed by atoms with Gasteiger partial charge in [0.25, 0.3) is 0 Å². The van der Waals surface area contributed by atoms with E-state index in [0.717, 1.165) is 51.0 Å². The molecule has 2 rings (SSSR count). The van der Waals surface area contributed by atoms with Crippen LogP contribution in [-0.4, -0.2) is 29.1 Å². The summed E-state index contributed by atoms with van der Waals surface area (Å²) in [5.41, 5.74) is 5.47. The molecule has 20 heavy (non-hydrogen) atoms. The summed E-state index contributed by atoms with van der Waals surface area (Å²) < 4.78 is 5.52. The number of hydrogen-bond donors (Lipinski definition) is 2. The van der Waals surface area contributed by atoms with Crippen LogP contribution in [0.25, 0.3) is 0 Å². The quantitative estimate of drug-likeness (QED) is 0.764. The van der Waals surface area contributed by atoms with Crippen molar-refractivity contribution in [3.63, 3.8) is 0 Å². The van der Waals surface area contributed by atoms with Crippen molar-refractivity contribution in [3.8, 4) is 0 Å². The van der Waals surface area contributed by atoms with Gasteiger partial charge in [0.2, 0.25) is 5.91 Å². The van der Waals surface area contributed by atoms with Gasteiger partial charge in [-0.2, -0.15) is 0 Å². The Kier molecular flexibility index (Phi) is 5.38. The second kappa shape index (κ2) is 6.85. The maximum Gasteiger partial charge on any atom is 0.223 e. The molecule has 1 aliphatic heterocycles. The Balaban J connectivity index is 1.91. The lowest BCUT2D eigenvalue weighted by molar-refractivity contribution is -0.124. The summed E-state index contributed by atoms with van der Waals surface area (Å²) in [6, 6.07) is 0. The minimum absolute atomic E-state index is 0.0275. The topological polar surface area (TPSA) is 64.3 Å². The molecule has 0 bridgehead atoms. The molecule has 2 fully saturated rings. The number of ether oxygens (including phenoxy) is 1. The molecule has 0 radical (unpaired) electrons. The molecule has 2 aliphatic rings. The molecule has 5 heteroatoms. The van der Waals surface area contributed by atoms with Crippen molar-refractivity contribution < 1.29 is 9.53 Å². The van der Waals surface area contributed by atoms with Gasteiger partial charge < -0.3 is 15.8 Å². The molecule has 114 valence electrons. The highest BCUT2D eigenvalue weighted by molar-refractivity contribution is 7.80. The molecule has 4 nitrogen and oxygen atoms in total. The van der Waals surface area contributed by atoms with Crippen LogP contribution < -0.4 is 11.1 Å². The van der Waals surface area contributed by atoms with Crippen molar-refractivity contribution in [2.45, 2.75) is 69.9 Å². The van der Waals surface area contributed by atoms with Gasteiger partial charge in [-0.15, -0.1) is 0 Å². The molecule has 1 aliphatic carbocycles. The van der Waals surface area contributed by atoms with Crippen LogP contribution >= 0.6 is 12.2 Å². The van der Waals surface area contributed by atoms with Crippen molar-refractivity contribution in [1.29, 1.82) is 0 Å². The third-order valence-electron chi connectivity index (χ3n) is 4.82. The first kappa shape index (κ1) is 15.7. The van der Waals surface area contributed by atoms with Gasteiger partial charge in [0.15, 0.2) is 0 Å².